The van der Waals surface area contributed by atoms with Gasteiger partial charge in [-0.05, 0) is 57.4 Å². The molecular formula is C22H23ClF2N4O. The summed E-state index contributed by atoms with van der Waals surface area (Å²) in [6.45, 7) is 4.56. The number of piperidine rings is 1. The molecule has 1 N–H and O–H groups in total. The van der Waals surface area contributed by atoms with E-state index in [0.29, 0.717) is 28.8 Å². The molecule has 1 aromatic carbocycles. The van der Waals surface area contributed by atoms with Crippen LogP contribution in [0.3, 0.4) is 0 Å². The van der Waals surface area contributed by atoms with Crippen molar-refractivity contribution >= 4 is 40.7 Å². The second-order valence-corrected chi connectivity index (χ2v) is 7.50. The Balaban J connectivity index is 0.00000256. The maximum absolute atomic E-state index is 13.7. The Morgan fingerprint density at radius 1 is 1.17 bits per heavy atom. The highest BCUT2D eigenvalue weighted by Crippen LogP contribution is 2.31. The number of rotatable bonds is 3. The van der Waals surface area contributed by atoms with E-state index in [0.717, 1.165) is 31.0 Å². The molecule has 0 spiro atoms. The van der Waals surface area contributed by atoms with Crippen LogP contribution in [0.4, 0.5) is 20.2 Å². The molecule has 3 aromatic rings. The average Bonchev–Trinajstić information content (AvgIpc) is 2.67. The molecule has 1 aliphatic rings. The molecule has 1 unspecified atom stereocenters. The molecule has 2 aromatic heterocycles. The number of hydrogen-bond acceptors (Lipinski definition) is 4. The van der Waals surface area contributed by atoms with Gasteiger partial charge in [0.1, 0.15) is 11.6 Å². The van der Waals surface area contributed by atoms with Crippen molar-refractivity contribution in [1.29, 1.82) is 0 Å². The SMILES string of the molecule is Cc1ccc2c(Nc3cc(F)cc(F)c3)c(C(=O)N3CCCCC3C)cnc2n1.Cl. The van der Waals surface area contributed by atoms with E-state index in [9.17, 15) is 13.6 Å². The van der Waals surface area contributed by atoms with Crippen LogP contribution in [-0.2, 0) is 0 Å². The summed E-state index contributed by atoms with van der Waals surface area (Å²) in [6.07, 6.45) is 4.50. The van der Waals surface area contributed by atoms with Crippen molar-refractivity contribution in [2.24, 2.45) is 0 Å². The zero-order chi connectivity index (χ0) is 20.5. The first-order chi connectivity index (χ1) is 13.9. The standard InChI is InChI=1S/C22H22F2N4O.ClH/c1-13-6-7-18-20(27-17-10-15(23)9-16(24)11-17)19(12-25-21(18)26-13)22(29)28-8-4-3-5-14(28)2;/h6-7,9-12,14H,3-5,8H2,1-2H3,(H,25,26,27);1H. The first-order valence-corrected chi connectivity index (χ1v) is 9.73. The largest absolute Gasteiger partial charge is 0.354 e. The van der Waals surface area contributed by atoms with Gasteiger partial charge in [0, 0.05) is 41.6 Å². The number of nitrogens with zero attached hydrogens (tertiary/aromatic N) is 3. The van der Waals surface area contributed by atoms with Crippen molar-refractivity contribution in [2.75, 3.05) is 11.9 Å². The number of aryl methyl sites for hydroxylation is 1. The number of fused-ring (bicyclic) bond motifs is 1. The molecule has 1 saturated heterocycles. The van der Waals surface area contributed by atoms with Crippen LogP contribution in [0.25, 0.3) is 11.0 Å². The van der Waals surface area contributed by atoms with Crippen LogP contribution in [0.5, 0.6) is 0 Å². The number of carbonyl (C=O) groups is 1. The molecule has 5 nitrogen and oxygen atoms in total. The number of benzene rings is 1. The van der Waals surface area contributed by atoms with Gasteiger partial charge in [0.05, 0.1) is 11.3 Å². The van der Waals surface area contributed by atoms with E-state index >= 15 is 0 Å². The summed E-state index contributed by atoms with van der Waals surface area (Å²) in [6, 6.07) is 6.95. The maximum atomic E-state index is 13.7. The zero-order valence-electron chi connectivity index (χ0n) is 16.8. The molecule has 0 bridgehead atoms. The van der Waals surface area contributed by atoms with Crippen molar-refractivity contribution in [3.63, 3.8) is 0 Å². The lowest BCUT2D eigenvalue weighted by Crippen LogP contribution is -2.42. The van der Waals surface area contributed by atoms with Crippen LogP contribution in [0.15, 0.2) is 36.5 Å². The third-order valence-electron chi connectivity index (χ3n) is 5.30. The molecule has 1 amide bonds. The Kier molecular flexibility index (Phi) is 6.51. The Hall–Kier alpha value is -2.80. The minimum absolute atomic E-state index is 0. The van der Waals surface area contributed by atoms with E-state index in [4.69, 9.17) is 0 Å². The number of hydrogen-bond donors (Lipinski definition) is 1. The van der Waals surface area contributed by atoms with Gasteiger partial charge in [0.2, 0.25) is 0 Å². The fourth-order valence-corrected chi connectivity index (χ4v) is 3.79. The van der Waals surface area contributed by atoms with Crippen molar-refractivity contribution in [3.05, 3.63) is 59.4 Å². The van der Waals surface area contributed by atoms with Crippen molar-refractivity contribution in [1.82, 2.24) is 14.9 Å². The number of pyridine rings is 2. The van der Waals surface area contributed by atoms with Gasteiger partial charge in [-0.3, -0.25) is 4.79 Å². The van der Waals surface area contributed by atoms with Gasteiger partial charge >= 0.3 is 0 Å². The number of carbonyl (C=O) groups excluding carboxylic acids is 1. The van der Waals surface area contributed by atoms with E-state index < -0.39 is 11.6 Å². The van der Waals surface area contributed by atoms with Gasteiger partial charge < -0.3 is 10.2 Å². The molecule has 3 heterocycles. The fourth-order valence-electron chi connectivity index (χ4n) is 3.79. The van der Waals surface area contributed by atoms with Crippen LogP contribution in [0.1, 0.15) is 42.2 Å². The first kappa shape index (κ1) is 21.9. The summed E-state index contributed by atoms with van der Waals surface area (Å²) in [5, 5.41) is 3.67. The monoisotopic (exact) mass is 432 g/mol. The quantitative estimate of drug-likeness (QED) is 0.602. The van der Waals surface area contributed by atoms with Crippen LogP contribution < -0.4 is 5.32 Å². The van der Waals surface area contributed by atoms with Crippen LogP contribution in [0, 0.1) is 18.6 Å². The summed E-state index contributed by atoms with van der Waals surface area (Å²) in [4.78, 5) is 24.0. The number of likely N-dealkylation sites (tertiary alicyclic amines) is 1. The molecule has 0 aliphatic carbocycles. The van der Waals surface area contributed by atoms with Crippen molar-refractivity contribution in [3.8, 4) is 0 Å². The van der Waals surface area contributed by atoms with E-state index in [1.165, 1.54) is 18.3 Å². The highest BCUT2D eigenvalue weighted by molar-refractivity contribution is 6.07. The topological polar surface area (TPSA) is 58.1 Å². The number of nitrogens with one attached hydrogen (secondary N) is 1. The molecule has 0 saturated carbocycles. The lowest BCUT2D eigenvalue weighted by molar-refractivity contribution is 0.0636. The molecule has 158 valence electrons. The highest BCUT2D eigenvalue weighted by atomic mass is 35.5. The smallest absolute Gasteiger partial charge is 0.257 e. The predicted octanol–water partition coefficient (Wildman–Crippen LogP) is 5.40. The second-order valence-electron chi connectivity index (χ2n) is 7.50. The summed E-state index contributed by atoms with van der Waals surface area (Å²) >= 11 is 0. The molecule has 0 radical (unpaired) electrons. The van der Waals surface area contributed by atoms with Gasteiger partial charge in [-0.1, -0.05) is 0 Å². The van der Waals surface area contributed by atoms with Crippen molar-refractivity contribution in [2.45, 2.75) is 39.2 Å². The lowest BCUT2D eigenvalue weighted by Gasteiger charge is -2.34. The Bertz CT molecular complexity index is 1070. The molecule has 1 fully saturated rings. The number of aromatic nitrogens is 2. The summed E-state index contributed by atoms with van der Waals surface area (Å²) in [5.41, 5.74) is 2.29. The van der Waals surface area contributed by atoms with E-state index in [2.05, 4.69) is 15.3 Å². The van der Waals surface area contributed by atoms with Gasteiger partial charge in [0.15, 0.2) is 5.65 Å². The molecule has 4 rings (SSSR count). The van der Waals surface area contributed by atoms with Gasteiger partial charge in [0.25, 0.3) is 5.91 Å². The molecule has 8 heteroatoms. The van der Waals surface area contributed by atoms with Gasteiger partial charge in [-0.2, -0.15) is 0 Å². The minimum Gasteiger partial charge on any atom is -0.354 e. The lowest BCUT2D eigenvalue weighted by atomic mass is 10.0. The van der Waals surface area contributed by atoms with Gasteiger partial charge in [-0.15, -0.1) is 12.4 Å². The third kappa shape index (κ3) is 4.36. The van der Waals surface area contributed by atoms with E-state index in [-0.39, 0.29) is 30.0 Å². The van der Waals surface area contributed by atoms with Crippen LogP contribution in [-0.4, -0.2) is 33.4 Å². The summed E-state index contributed by atoms with van der Waals surface area (Å²) in [5.74, 6) is -1.54. The number of halogens is 3. The van der Waals surface area contributed by atoms with Crippen LogP contribution in [0.2, 0.25) is 0 Å². The van der Waals surface area contributed by atoms with Gasteiger partial charge in [-0.25, -0.2) is 18.7 Å². The van der Waals surface area contributed by atoms with E-state index in [1.54, 1.807) is 0 Å². The normalized spacial score (nSPS) is 16.3. The molecule has 1 atom stereocenters. The zero-order valence-corrected chi connectivity index (χ0v) is 17.6. The summed E-state index contributed by atoms with van der Waals surface area (Å²) in [7, 11) is 0. The maximum Gasteiger partial charge on any atom is 0.257 e. The molecular weight excluding hydrogens is 410 g/mol. The Morgan fingerprint density at radius 3 is 2.60 bits per heavy atom. The van der Waals surface area contributed by atoms with E-state index in [1.807, 2.05) is 30.9 Å². The first-order valence-electron chi connectivity index (χ1n) is 9.73. The average molecular weight is 433 g/mol. The summed E-state index contributed by atoms with van der Waals surface area (Å²) < 4.78 is 27.4. The third-order valence-corrected chi connectivity index (χ3v) is 5.30. The molecule has 30 heavy (non-hydrogen) atoms. The predicted molar refractivity (Wildman–Crippen MR) is 116 cm³/mol. The number of anilines is 2. The van der Waals surface area contributed by atoms with Crippen molar-refractivity contribution < 1.29 is 13.6 Å². The molecule has 1 aliphatic heterocycles. The Labute approximate surface area is 179 Å². The second kappa shape index (κ2) is 8.92. The Morgan fingerprint density at radius 2 is 1.90 bits per heavy atom. The minimum atomic E-state index is -0.697. The number of amides is 1. The fraction of sp³-hybridized carbons (Fsp3) is 0.318. The van der Waals surface area contributed by atoms with Crippen LogP contribution >= 0.6 is 12.4 Å². The highest BCUT2D eigenvalue weighted by Gasteiger charge is 2.27.